The second-order valence-corrected chi connectivity index (χ2v) is 7.73. The SMILES string of the molecule is Cc1cc(N2CCC[C@](O)(c3cn(C(C)C)nn3)C2)nc(C2CC2)n1. The molecule has 7 nitrogen and oxygen atoms in total. The zero-order valence-electron chi connectivity index (χ0n) is 15.2. The molecule has 0 aromatic carbocycles. The highest BCUT2D eigenvalue weighted by atomic mass is 16.3. The first-order valence-corrected chi connectivity index (χ1v) is 9.20. The molecule has 1 N–H and O–H groups in total. The quantitative estimate of drug-likeness (QED) is 0.918. The lowest BCUT2D eigenvalue weighted by Crippen LogP contribution is -2.47. The predicted molar refractivity (Wildman–Crippen MR) is 94.5 cm³/mol. The zero-order valence-corrected chi connectivity index (χ0v) is 15.2. The van der Waals surface area contributed by atoms with Crippen LogP contribution in [0, 0.1) is 6.92 Å². The molecule has 1 aliphatic carbocycles. The number of aromatic nitrogens is 5. The molecule has 0 unspecified atom stereocenters. The van der Waals surface area contributed by atoms with Crippen molar-refractivity contribution in [3.05, 3.63) is 29.5 Å². The molecule has 4 rings (SSSR count). The normalized spacial score (nSPS) is 24.1. The maximum absolute atomic E-state index is 11.2. The molecule has 0 radical (unpaired) electrons. The fraction of sp³-hybridized carbons (Fsp3) is 0.667. The molecule has 1 aliphatic heterocycles. The molecule has 2 aromatic rings. The Bertz CT molecular complexity index is 769. The van der Waals surface area contributed by atoms with Crippen LogP contribution in [-0.4, -0.2) is 43.2 Å². The molecule has 25 heavy (non-hydrogen) atoms. The van der Waals surface area contributed by atoms with Gasteiger partial charge in [-0.15, -0.1) is 5.10 Å². The first-order valence-electron chi connectivity index (χ1n) is 9.20. The number of anilines is 1. The lowest BCUT2D eigenvalue weighted by atomic mass is 9.90. The van der Waals surface area contributed by atoms with Crippen molar-refractivity contribution in [3.63, 3.8) is 0 Å². The molecule has 7 heteroatoms. The van der Waals surface area contributed by atoms with Crippen LogP contribution in [0.15, 0.2) is 12.3 Å². The molecule has 3 heterocycles. The van der Waals surface area contributed by atoms with E-state index in [4.69, 9.17) is 4.98 Å². The number of hydrogen-bond donors (Lipinski definition) is 1. The smallest absolute Gasteiger partial charge is 0.134 e. The molecule has 1 atom stereocenters. The van der Waals surface area contributed by atoms with Gasteiger partial charge in [-0.3, -0.25) is 0 Å². The molecule has 1 saturated carbocycles. The number of aliphatic hydroxyl groups is 1. The Hall–Kier alpha value is -2.02. The summed E-state index contributed by atoms with van der Waals surface area (Å²) in [6, 6.07) is 2.25. The van der Waals surface area contributed by atoms with Gasteiger partial charge in [0.1, 0.15) is 22.9 Å². The molecular weight excluding hydrogens is 316 g/mol. The highest BCUT2D eigenvalue weighted by Crippen LogP contribution is 2.39. The van der Waals surface area contributed by atoms with Crippen molar-refractivity contribution in [1.29, 1.82) is 0 Å². The maximum Gasteiger partial charge on any atom is 0.134 e. The van der Waals surface area contributed by atoms with Gasteiger partial charge in [0, 0.05) is 30.3 Å². The Morgan fingerprint density at radius 1 is 1.28 bits per heavy atom. The van der Waals surface area contributed by atoms with Crippen LogP contribution >= 0.6 is 0 Å². The first kappa shape index (κ1) is 16.4. The Kier molecular flexibility index (Phi) is 3.98. The van der Waals surface area contributed by atoms with E-state index in [9.17, 15) is 5.11 Å². The van der Waals surface area contributed by atoms with Gasteiger partial charge in [0.15, 0.2) is 0 Å². The Morgan fingerprint density at radius 2 is 2.08 bits per heavy atom. The maximum atomic E-state index is 11.2. The molecule has 134 valence electrons. The van der Waals surface area contributed by atoms with Crippen molar-refractivity contribution in [3.8, 4) is 0 Å². The fourth-order valence-electron chi connectivity index (χ4n) is 3.44. The minimum atomic E-state index is -0.982. The summed E-state index contributed by atoms with van der Waals surface area (Å²) in [4.78, 5) is 11.5. The van der Waals surface area contributed by atoms with Gasteiger partial charge < -0.3 is 10.0 Å². The van der Waals surface area contributed by atoms with E-state index in [0.29, 0.717) is 24.6 Å². The molecular formula is C18H26N6O. The fourth-order valence-corrected chi connectivity index (χ4v) is 3.44. The van der Waals surface area contributed by atoms with Crippen molar-refractivity contribution in [2.45, 2.75) is 64.0 Å². The van der Waals surface area contributed by atoms with Crippen LogP contribution in [0.3, 0.4) is 0 Å². The van der Waals surface area contributed by atoms with E-state index in [2.05, 4.69) is 34.0 Å². The molecule has 1 saturated heterocycles. The van der Waals surface area contributed by atoms with Crippen LogP contribution in [0.25, 0.3) is 0 Å². The summed E-state index contributed by atoms with van der Waals surface area (Å²) in [5, 5.41) is 19.6. The third-order valence-corrected chi connectivity index (χ3v) is 5.11. The van der Waals surface area contributed by atoms with E-state index in [1.165, 1.54) is 12.8 Å². The van der Waals surface area contributed by atoms with Crippen molar-refractivity contribution < 1.29 is 5.11 Å². The molecule has 2 aliphatic rings. The van der Waals surface area contributed by atoms with Gasteiger partial charge in [-0.2, -0.15) is 0 Å². The summed E-state index contributed by atoms with van der Waals surface area (Å²) >= 11 is 0. The van der Waals surface area contributed by atoms with Crippen molar-refractivity contribution in [2.24, 2.45) is 0 Å². The molecule has 0 amide bonds. The van der Waals surface area contributed by atoms with Crippen LogP contribution in [0.2, 0.25) is 0 Å². The third-order valence-electron chi connectivity index (χ3n) is 5.11. The van der Waals surface area contributed by atoms with Crippen LogP contribution in [0.1, 0.15) is 68.7 Å². The number of rotatable bonds is 4. The number of piperidine rings is 1. The summed E-state index contributed by atoms with van der Waals surface area (Å²) < 4.78 is 1.80. The van der Waals surface area contributed by atoms with Crippen LogP contribution in [0.4, 0.5) is 5.82 Å². The van der Waals surface area contributed by atoms with Gasteiger partial charge in [0.05, 0.1) is 12.7 Å². The Labute approximate surface area is 148 Å². The van der Waals surface area contributed by atoms with Gasteiger partial charge in [-0.05, 0) is 46.5 Å². The Balaban J connectivity index is 1.59. The van der Waals surface area contributed by atoms with Gasteiger partial charge in [-0.1, -0.05) is 5.21 Å². The monoisotopic (exact) mass is 342 g/mol. The highest BCUT2D eigenvalue weighted by molar-refractivity contribution is 5.42. The van der Waals surface area contributed by atoms with Crippen LogP contribution in [0.5, 0.6) is 0 Å². The topological polar surface area (TPSA) is 80.0 Å². The van der Waals surface area contributed by atoms with Gasteiger partial charge in [0.25, 0.3) is 0 Å². The highest BCUT2D eigenvalue weighted by Gasteiger charge is 2.38. The van der Waals surface area contributed by atoms with E-state index < -0.39 is 5.60 Å². The predicted octanol–water partition coefficient (Wildman–Crippen LogP) is 2.32. The second-order valence-electron chi connectivity index (χ2n) is 7.73. The Morgan fingerprint density at radius 3 is 2.76 bits per heavy atom. The van der Waals surface area contributed by atoms with E-state index in [0.717, 1.165) is 30.3 Å². The third kappa shape index (κ3) is 3.25. The van der Waals surface area contributed by atoms with Crippen LogP contribution < -0.4 is 4.90 Å². The molecule has 2 aromatic heterocycles. The number of β-amino-alcohol motifs (C(OH)–C–C–N with tert-alkyl or cyclic N) is 1. The zero-order chi connectivity index (χ0) is 17.6. The molecule has 0 spiro atoms. The molecule has 0 bridgehead atoms. The van der Waals surface area contributed by atoms with E-state index in [-0.39, 0.29) is 6.04 Å². The molecule has 2 fully saturated rings. The summed E-state index contributed by atoms with van der Waals surface area (Å²) in [6.45, 7) is 7.50. The summed E-state index contributed by atoms with van der Waals surface area (Å²) in [5.41, 5.74) is 0.662. The number of nitrogens with zero attached hydrogens (tertiary/aromatic N) is 6. The van der Waals surface area contributed by atoms with E-state index in [1.54, 1.807) is 4.68 Å². The minimum Gasteiger partial charge on any atom is -0.382 e. The van der Waals surface area contributed by atoms with E-state index in [1.807, 2.05) is 19.2 Å². The van der Waals surface area contributed by atoms with Crippen molar-refractivity contribution in [1.82, 2.24) is 25.0 Å². The number of aryl methyl sites for hydroxylation is 1. The van der Waals surface area contributed by atoms with Gasteiger partial charge in [-0.25, -0.2) is 14.6 Å². The summed E-state index contributed by atoms with van der Waals surface area (Å²) in [7, 11) is 0. The van der Waals surface area contributed by atoms with Gasteiger partial charge >= 0.3 is 0 Å². The van der Waals surface area contributed by atoms with Gasteiger partial charge in [0.2, 0.25) is 0 Å². The number of hydrogen-bond acceptors (Lipinski definition) is 6. The lowest BCUT2D eigenvalue weighted by Gasteiger charge is -2.38. The second kappa shape index (κ2) is 6.05. The average molecular weight is 342 g/mol. The largest absolute Gasteiger partial charge is 0.382 e. The standard InChI is InChI=1S/C18H26N6O/c1-12(2)24-10-15(21-22-24)18(25)7-4-8-23(11-18)16-9-13(3)19-17(20-16)14-5-6-14/h9-10,12,14,25H,4-8,11H2,1-3H3/t18-/m1/s1. The van der Waals surface area contributed by atoms with E-state index >= 15 is 0 Å². The lowest BCUT2D eigenvalue weighted by molar-refractivity contribution is 0.0174. The van der Waals surface area contributed by atoms with Crippen LogP contribution in [-0.2, 0) is 5.60 Å². The summed E-state index contributed by atoms with van der Waals surface area (Å²) in [5.74, 6) is 2.40. The minimum absolute atomic E-state index is 0.232. The van der Waals surface area contributed by atoms with Crippen molar-refractivity contribution in [2.75, 3.05) is 18.0 Å². The summed E-state index contributed by atoms with van der Waals surface area (Å²) in [6.07, 6.45) is 5.83. The first-order chi connectivity index (χ1) is 11.9. The average Bonchev–Trinajstić information content (AvgIpc) is 3.30. The van der Waals surface area contributed by atoms with Crippen molar-refractivity contribution >= 4 is 5.82 Å².